The first kappa shape index (κ1) is 15.6. The van der Waals surface area contributed by atoms with Crippen molar-refractivity contribution in [2.75, 3.05) is 6.61 Å². The summed E-state index contributed by atoms with van der Waals surface area (Å²) in [5, 5.41) is 0. The second-order valence-corrected chi connectivity index (χ2v) is 4.93. The van der Waals surface area contributed by atoms with Crippen LogP contribution in [0.15, 0.2) is 48.5 Å². The molecule has 0 aliphatic rings. The van der Waals surface area contributed by atoms with Gasteiger partial charge in [-0.25, -0.2) is 0 Å². The lowest BCUT2D eigenvalue weighted by atomic mass is 10.1. The van der Waals surface area contributed by atoms with E-state index in [1.807, 2.05) is 38.1 Å². The summed E-state index contributed by atoms with van der Waals surface area (Å²) >= 11 is 0. The summed E-state index contributed by atoms with van der Waals surface area (Å²) in [5.41, 5.74) is 7.09. The van der Waals surface area contributed by atoms with Gasteiger partial charge in [0.15, 0.2) is 6.61 Å². The number of para-hydroxylation sites is 1. The number of ether oxygens (including phenoxy) is 1. The molecular weight excluding hydrogens is 280 g/mol. The first-order valence-electron chi connectivity index (χ1n) is 6.90. The maximum atomic E-state index is 11.9. The minimum Gasteiger partial charge on any atom is -0.483 e. The molecule has 2 aromatic rings. The van der Waals surface area contributed by atoms with Gasteiger partial charge in [0, 0.05) is 5.56 Å². The monoisotopic (exact) mass is 298 g/mol. The number of aryl methyl sites for hydroxylation is 2. The largest absolute Gasteiger partial charge is 0.483 e. The van der Waals surface area contributed by atoms with Crippen molar-refractivity contribution >= 4 is 11.8 Å². The molecule has 5 heteroatoms. The van der Waals surface area contributed by atoms with Crippen molar-refractivity contribution in [2.24, 2.45) is 0 Å². The Kier molecular flexibility index (Phi) is 5.14. The zero-order chi connectivity index (χ0) is 15.9. The number of rotatable bonds is 4. The van der Waals surface area contributed by atoms with Crippen molar-refractivity contribution in [3.8, 4) is 5.75 Å². The molecule has 0 radical (unpaired) electrons. The average molecular weight is 298 g/mol. The van der Waals surface area contributed by atoms with Crippen LogP contribution in [0, 0.1) is 13.8 Å². The van der Waals surface area contributed by atoms with E-state index >= 15 is 0 Å². The fourth-order valence-electron chi connectivity index (χ4n) is 1.88. The van der Waals surface area contributed by atoms with Crippen LogP contribution in [0.5, 0.6) is 5.75 Å². The van der Waals surface area contributed by atoms with Gasteiger partial charge in [0.1, 0.15) is 5.75 Å². The Bertz CT molecular complexity index is 683. The molecule has 0 saturated heterocycles. The summed E-state index contributed by atoms with van der Waals surface area (Å²) in [4.78, 5) is 23.5. The first-order valence-corrected chi connectivity index (χ1v) is 6.90. The fourth-order valence-corrected chi connectivity index (χ4v) is 1.88. The molecule has 0 aliphatic heterocycles. The van der Waals surface area contributed by atoms with Crippen molar-refractivity contribution in [1.82, 2.24) is 10.9 Å². The topological polar surface area (TPSA) is 67.4 Å². The molecule has 0 bridgehead atoms. The van der Waals surface area contributed by atoms with Crippen molar-refractivity contribution in [2.45, 2.75) is 13.8 Å². The van der Waals surface area contributed by atoms with E-state index in [0.717, 1.165) is 11.1 Å². The second kappa shape index (κ2) is 7.26. The van der Waals surface area contributed by atoms with Crippen LogP contribution in [0.4, 0.5) is 0 Å². The van der Waals surface area contributed by atoms with Gasteiger partial charge in [0.2, 0.25) is 0 Å². The lowest BCUT2D eigenvalue weighted by Gasteiger charge is -2.10. The van der Waals surface area contributed by atoms with Crippen LogP contribution in [0.2, 0.25) is 0 Å². The molecule has 0 saturated carbocycles. The number of hydrazine groups is 1. The molecule has 0 spiro atoms. The minimum absolute atomic E-state index is 0.168. The third kappa shape index (κ3) is 4.34. The highest BCUT2D eigenvalue weighted by atomic mass is 16.5. The molecule has 2 aromatic carbocycles. The molecule has 2 rings (SSSR count). The van der Waals surface area contributed by atoms with E-state index < -0.39 is 5.91 Å². The third-order valence-electron chi connectivity index (χ3n) is 3.05. The van der Waals surface area contributed by atoms with E-state index in [4.69, 9.17) is 4.74 Å². The van der Waals surface area contributed by atoms with E-state index in [0.29, 0.717) is 11.3 Å². The molecule has 2 N–H and O–H groups in total. The normalized spacial score (nSPS) is 9.91. The van der Waals surface area contributed by atoms with Gasteiger partial charge >= 0.3 is 0 Å². The van der Waals surface area contributed by atoms with Gasteiger partial charge in [-0.15, -0.1) is 0 Å². The molecule has 2 amide bonds. The van der Waals surface area contributed by atoms with Gasteiger partial charge in [-0.3, -0.25) is 20.4 Å². The number of benzene rings is 2. The van der Waals surface area contributed by atoms with E-state index in [2.05, 4.69) is 10.9 Å². The highest BCUT2D eigenvalue weighted by Crippen LogP contribution is 2.15. The number of carbonyl (C=O) groups excluding carboxylic acids is 2. The SMILES string of the molecule is Cc1cccc(C(=O)NNC(=O)COc2ccccc2C)c1. The van der Waals surface area contributed by atoms with Crippen molar-refractivity contribution in [1.29, 1.82) is 0 Å². The minimum atomic E-state index is -0.427. The lowest BCUT2D eigenvalue weighted by molar-refractivity contribution is -0.123. The number of hydrogen-bond acceptors (Lipinski definition) is 3. The summed E-state index contributed by atoms with van der Waals surface area (Å²) < 4.78 is 5.39. The first-order chi connectivity index (χ1) is 10.6. The number of nitrogens with one attached hydrogen (secondary N) is 2. The molecule has 0 heterocycles. The zero-order valence-electron chi connectivity index (χ0n) is 12.6. The van der Waals surface area contributed by atoms with Gasteiger partial charge in [-0.1, -0.05) is 35.9 Å². The Balaban J connectivity index is 1.81. The Hall–Kier alpha value is -2.82. The van der Waals surface area contributed by atoms with Crippen molar-refractivity contribution in [3.63, 3.8) is 0 Å². The van der Waals surface area contributed by atoms with Gasteiger partial charge in [0.05, 0.1) is 0 Å². The molecule has 5 nitrogen and oxygen atoms in total. The van der Waals surface area contributed by atoms with Crippen LogP contribution in [0.3, 0.4) is 0 Å². The molecule has 22 heavy (non-hydrogen) atoms. The molecule has 114 valence electrons. The predicted octanol–water partition coefficient (Wildman–Crippen LogP) is 2.14. The number of carbonyl (C=O) groups is 2. The van der Waals surface area contributed by atoms with Crippen LogP contribution in [-0.4, -0.2) is 18.4 Å². The third-order valence-corrected chi connectivity index (χ3v) is 3.05. The maximum Gasteiger partial charge on any atom is 0.276 e. The van der Waals surface area contributed by atoms with Gasteiger partial charge in [0.25, 0.3) is 11.8 Å². The van der Waals surface area contributed by atoms with Gasteiger partial charge in [-0.2, -0.15) is 0 Å². The number of amides is 2. The van der Waals surface area contributed by atoms with Crippen molar-refractivity contribution < 1.29 is 14.3 Å². The Morgan fingerprint density at radius 2 is 1.77 bits per heavy atom. The Labute approximate surface area is 129 Å². The van der Waals surface area contributed by atoms with Gasteiger partial charge in [-0.05, 0) is 37.6 Å². The predicted molar refractivity (Wildman–Crippen MR) is 83.5 cm³/mol. The fraction of sp³-hybridized carbons (Fsp3) is 0.176. The molecule has 0 aliphatic carbocycles. The summed E-state index contributed by atoms with van der Waals surface area (Å²) in [6.07, 6.45) is 0. The highest BCUT2D eigenvalue weighted by Gasteiger charge is 2.08. The van der Waals surface area contributed by atoms with Crippen molar-refractivity contribution in [3.05, 3.63) is 65.2 Å². The zero-order valence-corrected chi connectivity index (χ0v) is 12.6. The van der Waals surface area contributed by atoms with E-state index in [-0.39, 0.29) is 12.5 Å². The van der Waals surface area contributed by atoms with Crippen LogP contribution >= 0.6 is 0 Å². The maximum absolute atomic E-state index is 11.9. The van der Waals surface area contributed by atoms with Crippen LogP contribution < -0.4 is 15.6 Å². The number of hydrogen-bond donors (Lipinski definition) is 2. The van der Waals surface area contributed by atoms with Crippen LogP contribution in [0.1, 0.15) is 21.5 Å². The van der Waals surface area contributed by atoms with Crippen LogP contribution in [-0.2, 0) is 4.79 Å². The van der Waals surface area contributed by atoms with E-state index in [1.54, 1.807) is 24.3 Å². The molecule has 0 fully saturated rings. The summed E-state index contributed by atoms with van der Waals surface area (Å²) in [7, 11) is 0. The average Bonchev–Trinajstić information content (AvgIpc) is 2.52. The summed E-state index contributed by atoms with van der Waals surface area (Å²) in [5.74, 6) is -0.153. The lowest BCUT2D eigenvalue weighted by Crippen LogP contribution is -2.43. The summed E-state index contributed by atoms with van der Waals surface area (Å²) in [6.45, 7) is 3.62. The quantitative estimate of drug-likeness (QED) is 0.850. The van der Waals surface area contributed by atoms with E-state index in [1.165, 1.54) is 0 Å². The highest BCUT2D eigenvalue weighted by molar-refractivity contribution is 5.95. The van der Waals surface area contributed by atoms with Gasteiger partial charge < -0.3 is 4.74 Å². The summed E-state index contributed by atoms with van der Waals surface area (Å²) in [6, 6.07) is 14.5. The second-order valence-electron chi connectivity index (χ2n) is 4.93. The molecule has 0 unspecified atom stereocenters. The Morgan fingerprint density at radius 1 is 1.00 bits per heavy atom. The standard InChI is InChI=1S/C17H18N2O3/c1-12-6-5-8-14(10-12)17(21)19-18-16(20)11-22-15-9-4-3-7-13(15)2/h3-10H,11H2,1-2H3,(H,18,20)(H,19,21). The molecular formula is C17H18N2O3. The Morgan fingerprint density at radius 3 is 2.50 bits per heavy atom. The molecule has 0 aromatic heterocycles. The van der Waals surface area contributed by atoms with E-state index in [9.17, 15) is 9.59 Å². The smallest absolute Gasteiger partial charge is 0.276 e. The molecule has 0 atom stereocenters. The van der Waals surface area contributed by atoms with Crippen LogP contribution in [0.25, 0.3) is 0 Å².